The van der Waals surface area contributed by atoms with Crippen LogP contribution in [-0.4, -0.2) is 20.2 Å². The summed E-state index contributed by atoms with van der Waals surface area (Å²) in [7, 11) is 3.00. The highest BCUT2D eigenvalue weighted by Crippen LogP contribution is 2.37. The van der Waals surface area contributed by atoms with Crippen LogP contribution < -0.4 is 0 Å². The van der Waals surface area contributed by atoms with Crippen molar-refractivity contribution in [2.24, 2.45) is 11.8 Å². The quantitative estimate of drug-likeness (QED) is 0.553. The average molecular weight is 232 g/mol. The molecule has 1 unspecified atom stereocenters. The lowest BCUT2D eigenvalue weighted by Gasteiger charge is -2.11. The van der Waals surface area contributed by atoms with Gasteiger partial charge in [0.1, 0.15) is 5.76 Å². The largest absolute Gasteiger partial charge is 0.497 e. The van der Waals surface area contributed by atoms with Crippen LogP contribution >= 0.6 is 0 Å². The Bertz CT molecular complexity index is 415. The van der Waals surface area contributed by atoms with Crippen molar-refractivity contribution in [2.45, 2.75) is 6.42 Å². The fourth-order valence-electron chi connectivity index (χ4n) is 2.23. The third-order valence-corrected chi connectivity index (χ3v) is 3.12. The lowest BCUT2D eigenvalue weighted by atomic mass is 9.92. The van der Waals surface area contributed by atoms with E-state index in [0.29, 0.717) is 11.8 Å². The van der Waals surface area contributed by atoms with E-state index in [0.717, 1.165) is 17.8 Å². The molecule has 2 rings (SSSR count). The molecule has 0 aromatic carbocycles. The van der Waals surface area contributed by atoms with Gasteiger partial charge in [0.25, 0.3) is 0 Å². The highest BCUT2D eigenvalue weighted by molar-refractivity contribution is 5.83. The van der Waals surface area contributed by atoms with Crippen molar-refractivity contribution in [1.82, 2.24) is 0 Å². The monoisotopic (exact) mass is 232 g/mol. The van der Waals surface area contributed by atoms with Gasteiger partial charge >= 0.3 is 5.97 Å². The number of hydrogen-bond acceptors (Lipinski definition) is 3. The van der Waals surface area contributed by atoms with Gasteiger partial charge in [-0.2, -0.15) is 0 Å². The van der Waals surface area contributed by atoms with Gasteiger partial charge in [-0.1, -0.05) is 24.3 Å². The fourth-order valence-corrected chi connectivity index (χ4v) is 2.23. The summed E-state index contributed by atoms with van der Waals surface area (Å²) >= 11 is 0. The summed E-state index contributed by atoms with van der Waals surface area (Å²) in [5.41, 5.74) is 0.915. The van der Waals surface area contributed by atoms with E-state index in [9.17, 15) is 4.79 Å². The van der Waals surface area contributed by atoms with E-state index in [2.05, 4.69) is 23.0 Å². The molecule has 0 radical (unpaired) electrons. The van der Waals surface area contributed by atoms with Gasteiger partial charge in [0.15, 0.2) is 0 Å². The van der Waals surface area contributed by atoms with Gasteiger partial charge in [-0.3, -0.25) is 0 Å². The van der Waals surface area contributed by atoms with Crippen molar-refractivity contribution in [2.75, 3.05) is 14.2 Å². The van der Waals surface area contributed by atoms with Crippen LogP contribution in [0.25, 0.3) is 0 Å². The van der Waals surface area contributed by atoms with Crippen LogP contribution in [0.5, 0.6) is 0 Å². The van der Waals surface area contributed by atoms with Crippen LogP contribution in [0.3, 0.4) is 0 Å². The minimum atomic E-state index is -0.332. The predicted molar refractivity (Wildman–Crippen MR) is 65.1 cm³/mol. The summed E-state index contributed by atoms with van der Waals surface area (Å²) in [6, 6.07) is 0. The molecule has 1 atom stereocenters. The maximum Gasteiger partial charge on any atom is 0.330 e. The number of methoxy groups -OCH3 is 2. The topological polar surface area (TPSA) is 35.5 Å². The molecule has 0 N–H and O–H groups in total. The second-order valence-electron chi connectivity index (χ2n) is 4.14. The first-order valence-corrected chi connectivity index (χ1v) is 5.64. The molecule has 0 aromatic heterocycles. The maximum atomic E-state index is 11.2. The minimum absolute atomic E-state index is 0.332. The Kier molecular flexibility index (Phi) is 3.47. The predicted octanol–water partition coefficient (Wildman–Crippen LogP) is 2.38. The van der Waals surface area contributed by atoms with Crippen molar-refractivity contribution in [3.8, 4) is 0 Å². The third-order valence-electron chi connectivity index (χ3n) is 3.12. The van der Waals surface area contributed by atoms with Crippen LogP contribution in [0.1, 0.15) is 6.42 Å². The first kappa shape index (κ1) is 11.7. The number of esters is 1. The molecule has 0 fully saturated rings. The van der Waals surface area contributed by atoms with Crippen LogP contribution in [0, 0.1) is 11.8 Å². The highest BCUT2D eigenvalue weighted by Gasteiger charge is 2.27. The molecule has 3 heteroatoms. The molecule has 2 aliphatic carbocycles. The van der Waals surface area contributed by atoms with Gasteiger partial charge in [0.2, 0.25) is 0 Å². The number of ether oxygens (including phenoxy) is 2. The number of rotatable bonds is 3. The summed E-state index contributed by atoms with van der Waals surface area (Å²) in [6.07, 6.45) is 12.8. The van der Waals surface area contributed by atoms with Crippen molar-refractivity contribution >= 4 is 5.97 Å². The van der Waals surface area contributed by atoms with Gasteiger partial charge in [0.05, 0.1) is 14.2 Å². The van der Waals surface area contributed by atoms with E-state index >= 15 is 0 Å². The summed E-state index contributed by atoms with van der Waals surface area (Å²) in [6.45, 7) is 0. The molecule has 0 spiro atoms. The fraction of sp³-hybridized carbons (Fsp3) is 0.357. The third kappa shape index (κ3) is 2.49. The number of allylic oxidation sites excluding steroid dienone is 6. The zero-order chi connectivity index (χ0) is 12.3. The summed E-state index contributed by atoms with van der Waals surface area (Å²) < 4.78 is 9.94. The van der Waals surface area contributed by atoms with E-state index < -0.39 is 0 Å². The van der Waals surface area contributed by atoms with E-state index in [1.165, 1.54) is 13.2 Å². The van der Waals surface area contributed by atoms with Gasteiger partial charge in [0, 0.05) is 17.6 Å². The van der Waals surface area contributed by atoms with Crippen molar-refractivity contribution in [1.29, 1.82) is 0 Å². The first-order chi connectivity index (χ1) is 8.24. The van der Waals surface area contributed by atoms with Gasteiger partial charge in [-0.15, -0.1) is 0 Å². The Morgan fingerprint density at radius 3 is 2.65 bits per heavy atom. The number of hydrogen-bond donors (Lipinski definition) is 0. The lowest BCUT2D eigenvalue weighted by molar-refractivity contribution is -0.134. The molecule has 2 aliphatic rings. The van der Waals surface area contributed by atoms with E-state index in [1.54, 1.807) is 7.11 Å². The molecule has 0 saturated carbocycles. The average Bonchev–Trinajstić information content (AvgIpc) is 2.96. The van der Waals surface area contributed by atoms with Gasteiger partial charge < -0.3 is 9.47 Å². The Balaban J connectivity index is 2.14. The molecule has 0 saturated heterocycles. The van der Waals surface area contributed by atoms with E-state index in [1.807, 2.05) is 12.2 Å². The molecule has 0 heterocycles. The molecule has 0 aromatic rings. The van der Waals surface area contributed by atoms with Crippen LogP contribution in [0.15, 0.2) is 47.8 Å². The van der Waals surface area contributed by atoms with E-state index in [-0.39, 0.29) is 5.97 Å². The van der Waals surface area contributed by atoms with Crippen LogP contribution in [0.2, 0.25) is 0 Å². The van der Waals surface area contributed by atoms with Crippen molar-refractivity contribution < 1.29 is 14.3 Å². The van der Waals surface area contributed by atoms with Crippen molar-refractivity contribution in [3.63, 3.8) is 0 Å². The Morgan fingerprint density at radius 2 is 2.06 bits per heavy atom. The zero-order valence-electron chi connectivity index (χ0n) is 10.1. The van der Waals surface area contributed by atoms with Crippen LogP contribution in [0.4, 0.5) is 0 Å². The summed E-state index contributed by atoms with van der Waals surface area (Å²) in [5.74, 6) is 1.23. The van der Waals surface area contributed by atoms with Crippen molar-refractivity contribution in [3.05, 3.63) is 47.8 Å². The minimum Gasteiger partial charge on any atom is -0.497 e. The van der Waals surface area contributed by atoms with Gasteiger partial charge in [-0.05, 0) is 18.4 Å². The van der Waals surface area contributed by atoms with Gasteiger partial charge in [-0.25, -0.2) is 4.79 Å². The first-order valence-electron chi connectivity index (χ1n) is 5.64. The molecule has 0 aliphatic heterocycles. The maximum absolute atomic E-state index is 11.2. The SMILES string of the molecule is COC(=O)/C=C1\CC(C2C=CC=C2)C=C1OC. The molecular formula is C14H16O3. The Morgan fingerprint density at radius 1 is 1.35 bits per heavy atom. The Hall–Kier alpha value is -1.77. The molecule has 0 bridgehead atoms. The molecule has 3 nitrogen and oxygen atoms in total. The second-order valence-corrected chi connectivity index (χ2v) is 4.14. The smallest absolute Gasteiger partial charge is 0.330 e. The van der Waals surface area contributed by atoms with Crippen LogP contribution in [-0.2, 0) is 14.3 Å². The number of carbonyl (C=O) groups excluding carboxylic acids is 1. The standard InChI is InChI=1S/C14H16O3/c1-16-13-8-11(10-5-3-4-6-10)7-12(13)9-14(15)17-2/h3-6,8-11H,7H2,1-2H3/b12-9+. The zero-order valence-corrected chi connectivity index (χ0v) is 10.1. The highest BCUT2D eigenvalue weighted by atomic mass is 16.5. The molecule has 17 heavy (non-hydrogen) atoms. The molecule has 0 amide bonds. The summed E-state index contributed by atoms with van der Waals surface area (Å²) in [4.78, 5) is 11.2. The Labute approximate surface area is 101 Å². The lowest BCUT2D eigenvalue weighted by Crippen LogP contribution is -2.04. The summed E-state index contributed by atoms with van der Waals surface area (Å²) in [5, 5.41) is 0. The second kappa shape index (κ2) is 5.04. The van der Waals surface area contributed by atoms with E-state index in [4.69, 9.17) is 4.74 Å². The number of carbonyl (C=O) groups is 1. The molecular weight excluding hydrogens is 216 g/mol. The molecule has 90 valence electrons. The normalized spacial score (nSPS) is 25.4.